The van der Waals surface area contributed by atoms with Gasteiger partial charge in [-0.2, -0.15) is 5.10 Å². The number of aromatic nitrogens is 3. The molecule has 0 bridgehead atoms. The summed E-state index contributed by atoms with van der Waals surface area (Å²) in [5.41, 5.74) is 4.63. The first-order valence-electron chi connectivity index (χ1n) is 11.8. The van der Waals surface area contributed by atoms with Gasteiger partial charge in [0.15, 0.2) is 0 Å². The molecular weight excluding hydrogens is 472 g/mol. The van der Waals surface area contributed by atoms with Crippen LogP contribution >= 0.6 is 0 Å². The van der Waals surface area contributed by atoms with Crippen molar-refractivity contribution in [2.75, 3.05) is 14.1 Å². The van der Waals surface area contributed by atoms with Crippen LogP contribution in [0.5, 0.6) is 0 Å². The standard InChI is InChI=1S/C28H28N4O3S/c1-19(2)18-31-27-17-25(20-9-6-5-7-10-20)29-32(27)26-16-22(13-14-24(26)28(31)33)21-11-8-12-23(15-21)36(34,35)30(3)4/h5-17,19H,18H2,1-4H3. The van der Waals surface area contributed by atoms with Crippen molar-refractivity contribution in [1.82, 2.24) is 18.5 Å². The first kappa shape index (κ1) is 24.0. The Morgan fingerprint density at radius 2 is 1.56 bits per heavy atom. The highest BCUT2D eigenvalue weighted by Crippen LogP contribution is 2.28. The van der Waals surface area contributed by atoms with Crippen molar-refractivity contribution >= 4 is 26.6 Å². The maximum absolute atomic E-state index is 13.6. The lowest BCUT2D eigenvalue weighted by molar-refractivity contribution is 0.519. The molecule has 0 aliphatic carbocycles. The summed E-state index contributed by atoms with van der Waals surface area (Å²) in [4.78, 5) is 13.8. The van der Waals surface area contributed by atoms with E-state index in [9.17, 15) is 13.2 Å². The van der Waals surface area contributed by atoms with Crippen LogP contribution in [0.15, 0.2) is 88.6 Å². The highest BCUT2D eigenvalue weighted by molar-refractivity contribution is 7.89. The second-order valence-corrected chi connectivity index (χ2v) is 11.7. The lowest BCUT2D eigenvalue weighted by Crippen LogP contribution is -2.25. The van der Waals surface area contributed by atoms with Gasteiger partial charge in [0.05, 0.1) is 21.5 Å². The van der Waals surface area contributed by atoms with E-state index in [1.54, 1.807) is 28.8 Å². The van der Waals surface area contributed by atoms with Crippen LogP contribution < -0.4 is 5.56 Å². The average Bonchev–Trinajstić information content (AvgIpc) is 3.32. The van der Waals surface area contributed by atoms with E-state index in [1.165, 1.54) is 18.4 Å². The zero-order valence-electron chi connectivity index (χ0n) is 20.7. The zero-order valence-corrected chi connectivity index (χ0v) is 21.5. The van der Waals surface area contributed by atoms with Crippen LogP contribution in [0.3, 0.4) is 0 Å². The largest absolute Gasteiger partial charge is 0.292 e. The van der Waals surface area contributed by atoms with Crippen LogP contribution in [0, 0.1) is 5.92 Å². The maximum Gasteiger partial charge on any atom is 0.261 e. The highest BCUT2D eigenvalue weighted by atomic mass is 32.2. The smallest absolute Gasteiger partial charge is 0.261 e. The molecule has 0 saturated carbocycles. The van der Waals surface area contributed by atoms with Gasteiger partial charge >= 0.3 is 0 Å². The number of rotatable bonds is 6. The molecule has 0 unspecified atom stereocenters. The number of sulfonamides is 1. The molecule has 5 aromatic rings. The molecular formula is C28H28N4O3S. The summed E-state index contributed by atoms with van der Waals surface area (Å²) in [5, 5.41) is 5.45. The van der Waals surface area contributed by atoms with Crippen LogP contribution in [0.1, 0.15) is 13.8 Å². The Bertz CT molecular complexity index is 1750. The van der Waals surface area contributed by atoms with Crippen molar-refractivity contribution < 1.29 is 8.42 Å². The van der Waals surface area contributed by atoms with E-state index >= 15 is 0 Å². The summed E-state index contributed by atoms with van der Waals surface area (Å²) in [6.07, 6.45) is 0. The van der Waals surface area contributed by atoms with Gasteiger partial charge in [-0.25, -0.2) is 17.2 Å². The molecule has 0 radical (unpaired) electrons. The minimum atomic E-state index is -3.57. The molecule has 0 atom stereocenters. The minimum absolute atomic E-state index is 0.0683. The first-order valence-corrected chi connectivity index (χ1v) is 13.3. The summed E-state index contributed by atoms with van der Waals surface area (Å²) in [6, 6.07) is 24.2. The Hall–Kier alpha value is -3.75. The normalized spacial score (nSPS) is 12.3. The van der Waals surface area contributed by atoms with Crippen LogP contribution in [-0.2, 0) is 16.6 Å². The van der Waals surface area contributed by atoms with Gasteiger partial charge in [-0.1, -0.05) is 62.4 Å². The second kappa shape index (κ2) is 9.04. The topological polar surface area (TPSA) is 76.7 Å². The van der Waals surface area contributed by atoms with E-state index < -0.39 is 10.0 Å². The molecule has 0 aliphatic rings. The Labute approximate surface area is 210 Å². The van der Waals surface area contributed by atoms with Crippen LogP contribution in [-0.4, -0.2) is 41.0 Å². The molecule has 0 aliphatic heterocycles. The molecule has 0 spiro atoms. The van der Waals surface area contributed by atoms with E-state index in [4.69, 9.17) is 5.10 Å². The summed E-state index contributed by atoms with van der Waals surface area (Å²) in [7, 11) is -0.548. The van der Waals surface area contributed by atoms with Crippen molar-refractivity contribution in [2.24, 2.45) is 5.92 Å². The fourth-order valence-electron chi connectivity index (χ4n) is 4.40. The highest BCUT2D eigenvalue weighted by Gasteiger charge is 2.19. The molecule has 0 saturated heterocycles. The average molecular weight is 501 g/mol. The van der Waals surface area contributed by atoms with Crippen molar-refractivity contribution in [3.05, 3.63) is 89.2 Å². The molecule has 3 aromatic carbocycles. The molecule has 184 valence electrons. The van der Waals surface area contributed by atoms with Crippen LogP contribution in [0.25, 0.3) is 38.9 Å². The monoisotopic (exact) mass is 500 g/mol. The quantitative estimate of drug-likeness (QED) is 0.333. The lowest BCUT2D eigenvalue weighted by atomic mass is 10.0. The number of nitrogens with zero attached hydrogens (tertiary/aromatic N) is 4. The number of hydrogen-bond acceptors (Lipinski definition) is 4. The zero-order chi connectivity index (χ0) is 25.6. The third-order valence-corrected chi connectivity index (χ3v) is 8.04. The predicted octanol–water partition coefficient (Wildman–Crippen LogP) is 4.89. The summed E-state index contributed by atoms with van der Waals surface area (Å²) < 4.78 is 30.2. The van der Waals surface area contributed by atoms with E-state index in [2.05, 4.69) is 13.8 Å². The van der Waals surface area contributed by atoms with Gasteiger partial charge in [-0.15, -0.1) is 0 Å². The fraction of sp³-hybridized carbons (Fsp3) is 0.214. The Balaban J connectivity index is 1.76. The van der Waals surface area contributed by atoms with Gasteiger partial charge in [0, 0.05) is 32.3 Å². The molecule has 0 N–H and O–H groups in total. The first-order chi connectivity index (χ1) is 17.2. The molecule has 0 fully saturated rings. The molecule has 8 heteroatoms. The number of hydrogen-bond donors (Lipinski definition) is 0. The lowest BCUT2D eigenvalue weighted by Gasteiger charge is -2.14. The van der Waals surface area contributed by atoms with Crippen LogP contribution in [0.2, 0.25) is 0 Å². The molecule has 5 rings (SSSR count). The Morgan fingerprint density at radius 1 is 0.861 bits per heavy atom. The van der Waals surface area contributed by atoms with Gasteiger partial charge in [0.1, 0.15) is 5.65 Å². The van der Waals surface area contributed by atoms with E-state index in [-0.39, 0.29) is 16.4 Å². The fourth-order valence-corrected chi connectivity index (χ4v) is 5.34. The summed E-state index contributed by atoms with van der Waals surface area (Å²) in [5.74, 6) is 0.277. The van der Waals surface area contributed by atoms with Crippen molar-refractivity contribution in [1.29, 1.82) is 0 Å². The van der Waals surface area contributed by atoms with Gasteiger partial charge in [-0.05, 0) is 41.3 Å². The van der Waals surface area contributed by atoms with Gasteiger partial charge in [0.25, 0.3) is 5.56 Å². The third kappa shape index (κ3) is 4.12. The van der Waals surface area contributed by atoms with Crippen molar-refractivity contribution in [2.45, 2.75) is 25.3 Å². The van der Waals surface area contributed by atoms with Gasteiger partial charge in [0.2, 0.25) is 10.0 Å². The van der Waals surface area contributed by atoms with E-state index in [0.717, 1.165) is 28.0 Å². The molecule has 7 nitrogen and oxygen atoms in total. The van der Waals surface area contributed by atoms with Crippen molar-refractivity contribution in [3.63, 3.8) is 0 Å². The maximum atomic E-state index is 13.6. The summed E-state index contributed by atoms with van der Waals surface area (Å²) >= 11 is 0. The van der Waals surface area contributed by atoms with E-state index in [0.29, 0.717) is 17.4 Å². The number of benzene rings is 3. The van der Waals surface area contributed by atoms with Crippen LogP contribution in [0.4, 0.5) is 0 Å². The molecule has 2 heterocycles. The molecule has 36 heavy (non-hydrogen) atoms. The van der Waals surface area contributed by atoms with Gasteiger partial charge in [-0.3, -0.25) is 9.36 Å². The molecule has 0 amide bonds. The Morgan fingerprint density at radius 3 is 2.25 bits per heavy atom. The van der Waals surface area contributed by atoms with Gasteiger partial charge < -0.3 is 0 Å². The van der Waals surface area contributed by atoms with E-state index in [1.807, 2.05) is 59.1 Å². The SMILES string of the molecule is CC(C)Cn1c(=O)c2ccc(-c3cccc(S(=O)(=O)N(C)C)c3)cc2n2nc(-c3ccccc3)cc12. The van der Waals surface area contributed by atoms with Crippen molar-refractivity contribution in [3.8, 4) is 22.4 Å². The molecule has 2 aromatic heterocycles. The minimum Gasteiger partial charge on any atom is -0.292 e. The third-order valence-electron chi connectivity index (χ3n) is 6.23. The summed E-state index contributed by atoms with van der Waals surface area (Å²) in [6.45, 7) is 4.74. The second-order valence-electron chi connectivity index (χ2n) is 9.52. The predicted molar refractivity (Wildman–Crippen MR) is 144 cm³/mol. The number of fused-ring (bicyclic) bond motifs is 3. The Kier molecular flexibility index (Phi) is 6.02.